The number of benzene rings is 3. The molecule has 0 bridgehead atoms. The highest BCUT2D eigenvalue weighted by molar-refractivity contribution is 7.92. The number of fused-ring (bicyclic) bond motifs is 2. The maximum Gasteiger partial charge on any atom is 0.258 e. The lowest BCUT2D eigenvalue weighted by Gasteiger charge is -2.24. The topological polar surface area (TPSA) is 89.0 Å². The lowest BCUT2D eigenvalue weighted by molar-refractivity contribution is 0.0813. The second-order valence-electron chi connectivity index (χ2n) is 9.83. The van der Waals surface area contributed by atoms with E-state index in [1.54, 1.807) is 32.4 Å². The van der Waals surface area contributed by atoms with Crippen LogP contribution in [0.5, 0.6) is 11.5 Å². The molecule has 214 valence electrons. The number of ether oxygens (including phenoxy) is 2. The summed E-state index contributed by atoms with van der Waals surface area (Å²) < 4.78 is 66.3. The molecule has 4 aromatic rings. The summed E-state index contributed by atoms with van der Waals surface area (Å²) in [7, 11) is 0.818. The first-order valence-electron chi connectivity index (χ1n) is 12.4. The summed E-state index contributed by atoms with van der Waals surface area (Å²) in [5, 5.41) is 0.178. The van der Waals surface area contributed by atoms with Gasteiger partial charge < -0.3 is 14.4 Å². The third kappa shape index (κ3) is 5.39. The molecule has 2 heterocycles. The van der Waals surface area contributed by atoms with Crippen molar-refractivity contribution in [1.82, 2.24) is 9.88 Å². The summed E-state index contributed by atoms with van der Waals surface area (Å²) >= 11 is 5.89. The van der Waals surface area contributed by atoms with Crippen LogP contribution >= 0.6 is 11.6 Å². The third-order valence-corrected chi connectivity index (χ3v) is 8.49. The lowest BCUT2D eigenvalue weighted by atomic mass is 9.98. The molecular formula is C29H26ClF2N3O5S. The number of nitrogens with zero attached hydrogens (tertiary/aromatic N) is 3. The third-order valence-electron chi connectivity index (χ3n) is 7.02. The van der Waals surface area contributed by atoms with Crippen LogP contribution < -0.4 is 13.8 Å². The first kappa shape index (κ1) is 28.6. The summed E-state index contributed by atoms with van der Waals surface area (Å²) in [6.45, 7) is 0.247. The van der Waals surface area contributed by atoms with Gasteiger partial charge in [-0.2, -0.15) is 0 Å². The molecule has 41 heavy (non-hydrogen) atoms. The highest BCUT2D eigenvalue weighted by atomic mass is 35.5. The minimum atomic E-state index is -3.76. The van der Waals surface area contributed by atoms with Crippen LogP contribution in [0.3, 0.4) is 0 Å². The predicted molar refractivity (Wildman–Crippen MR) is 152 cm³/mol. The molecule has 0 unspecified atom stereocenters. The maximum absolute atomic E-state index is 14.6. The first-order chi connectivity index (χ1) is 19.4. The SMILES string of the molecule is COc1ccc(COc2c3c(c(N(C)S(C)(=O)=O)c4cc(Cc5cc(Cl)c(F)cc5F)cnc24)CN(C)C3=O)cc1. The Kier molecular flexibility index (Phi) is 7.52. The van der Waals surface area contributed by atoms with Crippen molar-refractivity contribution < 1.29 is 31.5 Å². The number of rotatable bonds is 8. The van der Waals surface area contributed by atoms with Crippen molar-refractivity contribution in [3.05, 3.63) is 93.1 Å². The highest BCUT2D eigenvalue weighted by Gasteiger charge is 2.36. The quantitative estimate of drug-likeness (QED) is 0.254. The van der Waals surface area contributed by atoms with Gasteiger partial charge in [0, 0.05) is 50.3 Å². The van der Waals surface area contributed by atoms with Gasteiger partial charge in [-0.3, -0.25) is 14.1 Å². The molecule has 0 fully saturated rings. The normalized spacial score (nSPS) is 13.0. The summed E-state index contributed by atoms with van der Waals surface area (Å²) in [6.07, 6.45) is 2.56. The van der Waals surface area contributed by atoms with Crippen LogP contribution in [0.2, 0.25) is 5.02 Å². The number of pyridine rings is 1. The number of hydrogen-bond donors (Lipinski definition) is 0. The number of anilines is 1. The molecule has 5 rings (SSSR count). The average molecular weight is 602 g/mol. The van der Waals surface area contributed by atoms with Crippen LogP contribution in [-0.4, -0.2) is 51.7 Å². The van der Waals surface area contributed by atoms with E-state index in [0.717, 1.165) is 16.1 Å². The van der Waals surface area contributed by atoms with E-state index in [-0.39, 0.29) is 58.6 Å². The van der Waals surface area contributed by atoms with E-state index in [1.165, 1.54) is 24.2 Å². The second-order valence-corrected chi connectivity index (χ2v) is 12.3. The van der Waals surface area contributed by atoms with Crippen molar-refractivity contribution in [3.8, 4) is 11.5 Å². The summed E-state index contributed by atoms with van der Waals surface area (Å²) in [4.78, 5) is 19.4. The zero-order chi connectivity index (χ0) is 29.6. The molecule has 0 N–H and O–H groups in total. The standard InChI is InChI=1S/C29H26ClF2N3O5S/c1-34-14-21-25(29(34)36)28(40-15-16-5-7-19(39-3)8-6-16)26-20(27(21)35(2)41(4,37)38)10-17(13-33-26)9-18-11-22(30)24(32)12-23(18)31/h5-8,10-13H,9,14-15H2,1-4H3. The van der Waals surface area contributed by atoms with Crippen LogP contribution in [-0.2, 0) is 29.6 Å². The molecule has 0 radical (unpaired) electrons. The van der Waals surface area contributed by atoms with Crippen LogP contribution in [0.4, 0.5) is 14.5 Å². The molecule has 0 spiro atoms. The van der Waals surface area contributed by atoms with Gasteiger partial charge in [-0.05, 0) is 41.0 Å². The molecule has 1 aliphatic rings. The van der Waals surface area contributed by atoms with Gasteiger partial charge in [-0.15, -0.1) is 0 Å². The van der Waals surface area contributed by atoms with Crippen molar-refractivity contribution >= 4 is 44.1 Å². The summed E-state index contributed by atoms with van der Waals surface area (Å²) in [5.41, 5.74) is 2.72. The Bertz CT molecular complexity index is 1800. The van der Waals surface area contributed by atoms with Crippen molar-refractivity contribution in [3.63, 3.8) is 0 Å². The lowest BCUT2D eigenvalue weighted by Crippen LogP contribution is -2.26. The number of aromatic nitrogens is 1. The van der Waals surface area contributed by atoms with Gasteiger partial charge in [-0.25, -0.2) is 17.2 Å². The fraction of sp³-hybridized carbons (Fsp3) is 0.241. The van der Waals surface area contributed by atoms with Crippen molar-refractivity contribution in [2.75, 3.05) is 31.8 Å². The van der Waals surface area contributed by atoms with Gasteiger partial charge in [0.25, 0.3) is 5.91 Å². The van der Waals surface area contributed by atoms with E-state index >= 15 is 0 Å². The highest BCUT2D eigenvalue weighted by Crippen LogP contribution is 2.45. The average Bonchev–Trinajstić information content (AvgIpc) is 3.22. The number of hydrogen-bond acceptors (Lipinski definition) is 6. The van der Waals surface area contributed by atoms with Crippen LogP contribution in [0.25, 0.3) is 10.9 Å². The predicted octanol–water partition coefficient (Wildman–Crippen LogP) is 5.33. The number of methoxy groups -OCH3 is 1. The number of carbonyl (C=O) groups excluding carboxylic acids is 1. The van der Waals surface area contributed by atoms with E-state index < -0.39 is 21.7 Å². The second kappa shape index (κ2) is 10.8. The Labute approximate surface area is 241 Å². The fourth-order valence-corrected chi connectivity index (χ4v) is 5.57. The Hall–Kier alpha value is -3.96. The number of amides is 1. The van der Waals surface area contributed by atoms with Gasteiger partial charge in [0.1, 0.15) is 29.5 Å². The fourth-order valence-electron chi connectivity index (χ4n) is 4.84. The Balaban J connectivity index is 1.70. The zero-order valence-corrected chi connectivity index (χ0v) is 24.2. The molecule has 0 atom stereocenters. The van der Waals surface area contributed by atoms with Crippen molar-refractivity contribution in [1.29, 1.82) is 0 Å². The molecule has 3 aromatic carbocycles. The molecule has 1 aromatic heterocycles. The van der Waals surface area contributed by atoms with Gasteiger partial charge in [-0.1, -0.05) is 23.7 Å². The van der Waals surface area contributed by atoms with E-state index in [9.17, 15) is 22.0 Å². The van der Waals surface area contributed by atoms with E-state index in [0.29, 0.717) is 28.3 Å². The minimum Gasteiger partial charge on any atom is -0.497 e. The van der Waals surface area contributed by atoms with Crippen LogP contribution in [0.15, 0.2) is 48.7 Å². The Morgan fingerprint density at radius 1 is 1.10 bits per heavy atom. The van der Waals surface area contributed by atoms with E-state index in [4.69, 9.17) is 21.1 Å². The van der Waals surface area contributed by atoms with Gasteiger partial charge >= 0.3 is 0 Å². The van der Waals surface area contributed by atoms with E-state index in [1.807, 2.05) is 12.1 Å². The summed E-state index contributed by atoms with van der Waals surface area (Å²) in [6, 6.07) is 10.8. The largest absolute Gasteiger partial charge is 0.497 e. The number of halogens is 3. The maximum atomic E-state index is 14.6. The van der Waals surface area contributed by atoms with Crippen LogP contribution in [0, 0.1) is 11.6 Å². The Morgan fingerprint density at radius 2 is 1.80 bits per heavy atom. The van der Waals surface area contributed by atoms with Crippen LogP contribution in [0.1, 0.15) is 32.6 Å². The number of carbonyl (C=O) groups is 1. The molecule has 0 aliphatic carbocycles. The van der Waals surface area contributed by atoms with Gasteiger partial charge in [0.05, 0.1) is 29.6 Å². The Morgan fingerprint density at radius 3 is 2.46 bits per heavy atom. The van der Waals surface area contributed by atoms with Gasteiger partial charge in [0.15, 0.2) is 5.75 Å². The monoisotopic (exact) mass is 601 g/mol. The smallest absolute Gasteiger partial charge is 0.258 e. The summed E-state index contributed by atoms with van der Waals surface area (Å²) in [5.74, 6) is -1.08. The van der Waals surface area contributed by atoms with Gasteiger partial charge in [0.2, 0.25) is 10.0 Å². The molecule has 0 saturated heterocycles. The number of sulfonamides is 1. The molecular weight excluding hydrogens is 576 g/mol. The van der Waals surface area contributed by atoms with E-state index in [2.05, 4.69) is 4.98 Å². The molecule has 1 amide bonds. The van der Waals surface area contributed by atoms with Crippen molar-refractivity contribution in [2.24, 2.45) is 0 Å². The van der Waals surface area contributed by atoms with Crippen molar-refractivity contribution in [2.45, 2.75) is 19.6 Å². The molecule has 8 nitrogen and oxygen atoms in total. The molecule has 0 saturated carbocycles. The zero-order valence-electron chi connectivity index (χ0n) is 22.7. The minimum absolute atomic E-state index is 0.00869. The first-order valence-corrected chi connectivity index (χ1v) is 14.7. The molecule has 12 heteroatoms. The molecule has 1 aliphatic heterocycles.